The first-order valence-corrected chi connectivity index (χ1v) is 5.23. The van der Waals surface area contributed by atoms with Crippen molar-refractivity contribution in [3.63, 3.8) is 0 Å². The summed E-state index contributed by atoms with van der Waals surface area (Å²) >= 11 is 3.43. The molecule has 0 aromatic heterocycles. The second-order valence-electron chi connectivity index (χ2n) is 3.17. The maximum atomic E-state index is 8.65. The molecule has 0 atom stereocenters. The molecule has 0 saturated heterocycles. The fourth-order valence-corrected chi connectivity index (χ4v) is 1.99. The maximum Gasteiger partial charge on any atom is 0.0915 e. The molecule has 1 aliphatic rings. The summed E-state index contributed by atoms with van der Waals surface area (Å²) in [7, 11) is 0. The van der Waals surface area contributed by atoms with Crippen LogP contribution in [-0.2, 0) is 0 Å². The summed E-state index contributed by atoms with van der Waals surface area (Å²) in [5.41, 5.74) is 3.36. The number of fused-ring (bicyclic) bond motifs is 1. The maximum absolute atomic E-state index is 8.65. The van der Waals surface area contributed by atoms with Gasteiger partial charge in [-0.15, -0.1) is 0 Å². The molecule has 2 nitrogen and oxygen atoms in total. The van der Waals surface area contributed by atoms with E-state index in [1.807, 2.05) is 18.2 Å². The second-order valence-corrected chi connectivity index (χ2v) is 4.08. The van der Waals surface area contributed by atoms with Crippen LogP contribution < -0.4 is 5.32 Å². The van der Waals surface area contributed by atoms with Gasteiger partial charge in [-0.25, -0.2) is 0 Å². The van der Waals surface area contributed by atoms with Gasteiger partial charge < -0.3 is 5.32 Å². The third-order valence-electron chi connectivity index (χ3n) is 2.28. The summed E-state index contributed by atoms with van der Waals surface area (Å²) in [5, 5.41) is 12.0. The zero-order chi connectivity index (χ0) is 9.97. The lowest BCUT2D eigenvalue weighted by atomic mass is 9.97. The topological polar surface area (TPSA) is 35.8 Å². The van der Waals surface area contributed by atoms with Crippen LogP contribution in [0.2, 0.25) is 0 Å². The molecular weight excluding hydrogens is 240 g/mol. The van der Waals surface area contributed by atoms with E-state index >= 15 is 0 Å². The first-order valence-electron chi connectivity index (χ1n) is 4.44. The third-order valence-corrected chi connectivity index (χ3v) is 2.77. The lowest BCUT2D eigenvalue weighted by molar-refractivity contribution is 1.05. The Labute approximate surface area is 91.4 Å². The van der Waals surface area contributed by atoms with Gasteiger partial charge in [-0.05, 0) is 30.2 Å². The summed E-state index contributed by atoms with van der Waals surface area (Å²) in [5.74, 6) is 0. The summed E-state index contributed by atoms with van der Waals surface area (Å²) in [6.45, 7) is 0.905. The number of nitriles is 1. The Morgan fingerprint density at radius 1 is 1.50 bits per heavy atom. The van der Waals surface area contributed by atoms with Crippen LogP contribution in [0.3, 0.4) is 0 Å². The molecule has 1 aliphatic heterocycles. The third kappa shape index (κ3) is 1.66. The van der Waals surface area contributed by atoms with Gasteiger partial charge >= 0.3 is 0 Å². The molecule has 1 aromatic carbocycles. The van der Waals surface area contributed by atoms with E-state index in [0.29, 0.717) is 0 Å². The molecule has 0 fully saturated rings. The van der Waals surface area contributed by atoms with Gasteiger partial charge in [0.15, 0.2) is 0 Å². The van der Waals surface area contributed by atoms with E-state index < -0.39 is 0 Å². The van der Waals surface area contributed by atoms with Gasteiger partial charge in [0.05, 0.1) is 6.07 Å². The highest BCUT2D eigenvalue weighted by atomic mass is 79.9. The molecule has 14 heavy (non-hydrogen) atoms. The minimum absolute atomic E-state index is 0.905. The molecule has 0 saturated carbocycles. The highest BCUT2D eigenvalue weighted by Crippen LogP contribution is 2.32. The molecule has 0 amide bonds. The molecule has 70 valence electrons. The lowest BCUT2D eigenvalue weighted by Gasteiger charge is -2.20. The first-order chi connectivity index (χ1) is 6.81. The van der Waals surface area contributed by atoms with Gasteiger partial charge in [-0.1, -0.05) is 15.9 Å². The van der Waals surface area contributed by atoms with Crippen molar-refractivity contribution in [3.8, 4) is 6.07 Å². The van der Waals surface area contributed by atoms with E-state index in [2.05, 4.69) is 27.3 Å². The Morgan fingerprint density at radius 2 is 2.36 bits per heavy atom. The molecule has 2 rings (SSSR count). The van der Waals surface area contributed by atoms with Crippen molar-refractivity contribution < 1.29 is 0 Å². The molecule has 0 unspecified atom stereocenters. The number of nitrogens with one attached hydrogen (secondary N) is 1. The van der Waals surface area contributed by atoms with Crippen molar-refractivity contribution >= 4 is 27.2 Å². The number of allylic oxidation sites excluding steroid dienone is 1. The van der Waals surface area contributed by atoms with Gasteiger partial charge in [-0.3, -0.25) is 0 Å². The van der Waals surface area contributed by atoms with Crippen LogP contribution in [0.5, 0.6) is 0 Å². The van der Waals surface area contributed by atoms with Crippen LogP contribution >= 0.6 is 15.9 Å². The molecule has 0 spiro atoms. The Hall–Kier alpha value is -1.27. The SMILES string of the molecule is N#C/C=C1/CCNc2ccc(Br)cc21. The van der Waals surface area contributed by atoms with E-state index in [1.165, 1.54) is 0 Å². The van der Waals surface area contributed by atoms with Crippen LogP contribution in [0.15, 0.2) is 28.7 Å². The Bertz CT molecular complexity index is 429. The Balaban J connectivity index is 2.53. The van der Waals surface area contributed by atoms with Gasteiger partial charge in [0, 0.05) is 28.3 Å². The first kappa shape index (κ1) is 9.29. The highest BCUT2D eigenvalue weighted by Gasteiger charge is 2.13. The average Bonchev–Trinajstić information content (AvgIpc) is 2.19. The van der Waals surface area contributed by atoms with E-state index in [9.17, 15) is 0 Å². The number of benzene rings is 1. The molecule has 1 heterocycles. The molecule has 1 aromatic rings. The second kappa shape index (κ2) is 3.85. The van der Waals surface area contributed by atoms with E-state index in [1.54, 1.807) is 6.08 Å². The summed E-state index contributed by atoms with van der Waals surface area (Å²) in [6.07, 6.45) is 2.54. The van der Waals surface area contributed by atoms with Crippen LogP contribution in [0.1, 0.15) is 12.0 Å². The zero-order valence-electron chi connectivity index (χ0n) is 7.55. The van der Waals surface area contributed by atoms with Crippen LogP contribution in [0, 0.1) is 11.3 Å². The normalized spacial score (nSPS) is 17.0. The number of rotatable bonds is 0. The smallest absolute Gasteiger partial charge is 0.0915 e. The molecule has 1 N–H and O–H groups in total. The molecule has 3 heteroatoms. The minimum atomic E-state index is 0.905. The predicted molar refractivity (Wildman–Crippen MR) is 60.8 cm³/mol. The van der Waals surface area contributed by atoms with Gasteiger partial charge in [0.1, 0.15) is 0 Å². The number of halogens is 1. The van der Waals surface area contributed by atoms with Gasteiger partial charge in [0.25, 0.3) is 0 Å². The van der Waals surface area contributed by atoms with E-state index in [-0.39, 0.29) is 0 Å². The van der Waals surface area contributed by atoms with Gasteiger partial charge in [0.2, 0.25) is 0 Å². The molecule has 0 radical (unpaired) electrons. The number of anilines is 1. The quantitative estimate of drug-likeness (QED) is 0.717. The predicted octanol–water partition coefficient (Wildman–Crippen LogP) is 3.17. The van der Waals surface area contributed by atoms with Crippen molar-refractivity contribution in [1.29, 1.82) is 5.26 Å². The summed E-state index contributed by atoms with van der Waals surface area (Å²) < 4.78 is 1.05. The Kier molecular flexibility index (Phi) is 2.55. The van der Waals surface area contributed by atoms with Crippen molar-refractivity contribution in [2.45, 2.75) is 6.42 Å². The van der Waals surface area contributed by atoms with Crippen LogP contribution in [0.25, 0.3) is 5.57 Å². The largest absolute Gasteiger partial charge is 0.384 e. The molecule has 0 bridgehead atoms. The minimum Gasteiger partial charge on any atom is -0.384 e. The monoisotopic (exact) mass is 248 g/mol. The van der Waals surface area contributed by atoms with E-state index in [0.717, 1.165) is 34.3 Å². The Morgan fingerprint density at radius 3 is 3.14 bits per heavy atom. The van der Waals surface area contributed by atoms with Crippen LogP contribution in [0.4, 0.5) is 5.69 Å². The lowest BCUT2D eigenvalue weighted by Crippen LogP contribution is -2.10. The fraction of sp³-hybridized carbons (Fsp3) is 0.182. The fourth-order valence-electron chi connectivity index (χ4n) is 1.63. The van der Waals surface area contributed by atoms with Crippen molar-refractivity contribution in [3.05, 3.63) is 34.3 Å². The summed E-state index contributed by atoms with van der Waals surface area (Å²) in [4.78, 5) is 0. The number of hydrogen-bond acceptors (Lipinski definition) is 2. The molecular formula is C11H9BrN2. The number of hydrogen-bond donors (Lipinski definition) is 1. The van der Waals surface area contributed by atoms with E-state index in [4.69, 9.17) is 5.26 Å². The highest BCUT2D eigenvalue weighted by molar-refractivity contribution is 9.10. The van der Waals surface area contributed by atoms with Crippen molar-refractivity contribution in [1.82, 2.24) is 0 Å². The zero-order valence-corrected chi connectivity index (χ0v) is 9.13. The van der Waals surface area contributed by atoms with Crippen molar-refractivity contribution in [2.24, 2.45) is 0 Å². The average molecular weight is 249 g/mol. The van der Waals surface area contributed by atoms with Crippen LogP contribution in [-0.4, -0.2) is 6.54 Å². The molecule has 0 aliphatic carbocycles. The standard InChI is InChI=1S/C11H9BrN2/c12-9-1-2-11-10(7-9)8(3-5-13)4-6-14-11/h1-3,7,14H,4,6H2/b8-3-. The number of nitrogens with zero attached hydrogens (tertiary/aromatic N) is 1. The van der Waals surface area contributed by atoms with Crippen molar-refractivity contribution in [2.75, 3.05) is 11.9 Å². The summed E-state index contributed by atoms with van der Waals surface area (Å²) in [6, 6.07) is 8.17. The van der Waals surface area contributed by atoms with Gasteiger partial charge in [-0.2, -0.15) is 5.26 Å².